The minimum Gasteiger partial charge on any atom is -0.389 e. The van der Waals surface area contributed by atoms with Crippen molar-refractivity contribution in [1.29, 1.82) is 0 Å². The topological polar surface area (TPSA) is 60.7 Å². The van der Waals surface area contributed by atoms with Gasteiger partial charge in [-0.2, -0.15) is 0 Å². The van der Waals surface area contributed by atoms with Gasteiger partial charge in [0, 0.05) is 0 Å². The van der Waals surface area contributed by atoms with Crippen LogP contribution in [0.15, 0.2) is 18.2 Å². The molecule has 0 heterocycles. The van der Waals surface area contributed by atoms with Gasteiger partial charge in [0.1, 0.15) is 0 Å². The van der Waals surface area contributed by atoms with E-state index >= 15 is 0 Å². The monoisotopic (exact) mass is 210 g/mol. The summed E-state index contributed by atoms with van der Waals surface area (Å²) in [5.74, 6) is 0. The van der Waals surface area contributed by atoms with Crippen LogP contribution in [0.3, 0.4) is 0 Å². The molecule has 3 heteroatoms. The summed E-state index contributed by atoms with van der Waals surface area (Å²) in [5, 5.41) is 28.4. The highest BCUT2D eigenvalue weighted by molar-refractivity contribution is 5.33. The molecular formula is C12H18O3. The molecule has 0 radical (unpaired) electrons. The van der Waals surface area contributed by atoms with Gasteiger partial charge in [0.15, 0.2) is 0 Å². The van der Waals surface area contributed by atoms with E-state index in [1.165, 1.54) is 0 Å². The zero-order valence-electron chi connectivity index (χ0n) is 9.31. The molecule has 0 saturated carbocycles. The van der Waals surface area contributed by atoms with E-state index in [1.807, 2.05) is 0 Å². The molecule has 3 nitrogen and oxygen atoms in total. The zero-order valence-corrected chi connectivity index (χ0v) is 9.31. The maximum atomic E-state index is 9.47. The maximum absolute atomic E-state index is 9.47. The predicted octanol–water partition coefficient (Wildman–Crippen LogP) is 1.85. The summed E-state index contributed by atoms with van der Waals surface area (Å²) in [4.78, 5) is 0. The molecule has 0 aliphatic carbocycles. The molecule has 0 amide bonds. The molecular weight excluding hydrogens is 192 g/mol. The van der Waals surface area contributed by atoms with Gasteiger partial charge in [0.25, 0.3) is 0 Å². The average molecular weight is 210 g/mol. The van der Waals surface area contributed by atoms with Crippen molar-refractivity contribution >= 4 is 0 Å². The summed E-state index contributed by atoms with van der Waals surface area (Å²) < 4.78 is 0. The Morgan fingerprint density at radius 3 is 1.00 bits per heavy atom. The predicted molar refractivity (Wildman–Crippen MR) is 58.3 cm³/mol. The van der Waals surface area contributed by atoms with Crippen LogP contribution in [0.1, 0.15) is 55.8 Å². The Kier molecular flexibility index (Phi) is 3.85. The average Bonchev–Trinajstić information content (AvgIpc) is 2.16. The van der Waals surface area contributed by atoms with Crippen molar-refractivity contribution in [2.75, 3.05) is 0 Å². The first-order valence-corrected chi connectivity index (χ1v) is 5.10. The van der Waals surface area contributed by atoms with Gasteiger partial charge >= 0.3 is 0 Å². The number of hydrogen-bond donors (Lipinski definition) is 3. The van der Waals surface area contributed by atoms with E-state index in [9.17, 15) is 15.3 Å². The molecule has 1 aromatic rings. The van der Waals surface area contributed by atoms with E-state index in [4.69, 9.17) is 0 Å². The maximum Gasteiger partial charge on any atom is 0.0762 e. The molecule has 0 bridgehead atoms. The number of benzene rings is 1. The SMILES string of the molecule is C[C@H](O)c1cc([C@H](C)O)cc([C@@H](C)O)c1. The Balaban J connectivity index is 3.20. The van der Waals surface area contributed by atoms with Crippen LogP contribution in [0.4, 0.5) is 0 Å². The highest BCUT2D eigenvalue weighted by Crippen LogP contribution is 2.24. The number of rotatable bonds is 3. The van der Waals surface area contributed by atoms with Gasteiger partial charge in [-0.1, -0.05) is 18.2 Å². The molecule has 0 unspecified atom stereocenters. The summed E-state index contributed by atoms with van der Waals surface area (Å²) >= 11 is 0. The Bertz CT molecular complexity index is 265. The third-order valence-electron chi connectivity index (χ3n) is 2.45. The molecule has 0 saturated heterocycles. The molecule has 3 atom stereocenters. The van der Waals surface area contributed by atoms with E-state index in [-0.39, 0.29) is 0 Å². The van der Waals surface area contributed by atoms with E-state index in [0.717, 1.165) is 0 Å². The lowest BCUT2D eigenvalue weighted by Gasteiger charge is -2.14. The second-order valence-electron chi connectivity index (χ2n) is 3.96. The number of hydrogen-bond acceptors (Lipinski definition) is 3. The van der Waals surface area contributed by atoms with Crippen LogP contribution < -0.4 is 0 Å². The highest BCUT2D eigenvalue weighted by atomic mass is 16.3. The third kappa shape index (κ3) is 3.02. The van der Waals surface area contributed by atoms with Gasteiger partial charge in [0.05, 0.1) is 18.3 Å². The first kappa shape index (κ1) is 12.2. The lowest BCUT2D eigenvalue weighted by Crippen LogP contribution is -2.01. The molecule has 3 N–H and O–H groups in total. The van der Waals surface area contributed by atoms with Crippen molar-refractivity contribution < 1.29 is 15.3 Å². The van der Waals surface area contributed by atoms with Crippen molar-refractivity contribution in [2.24, 2.45) is 0 Å². The van der Waals surface area contributed by atoms with Crippen molar-refractivity contribution in [3.8, 4) is 0 Å². The van der Waals surface area contributed by atoms with Gasteiger partial charge < -0.3 is 15.3 Å². The number of aliphatic hydroxyl groups is 3. The second kappa shape index (κ2) is 4.75. The van der Waals surface area contributed by atoms with Gasteiger partial charge in [-0.15, -0.1) is 0 Å². The fourth-order valence-electron chi connectivity index (χ4n) is 1.43. The summed E-state index contributed by atoms with van der Waals surface area (Å²) in [5.41, 5.74) is 2.14. The van der Waals surface area contributed by atoms with Crippen LogP contribution >= 0.6 is 0 Å². The molecule has 0 fully saturated rings. The molecule has 1 aromatic carbocycles. The minimum absolute atomic E-state index is 0.596. The van der Waals surface area contributed by atoms with E-state index in [0.29, 0.717) is 16.7 Å². The molecule has 0 aromatic heterocycles. The Morgan fingerprint density at radius 2 is 0.867 bits per heavy atom. The van der Waals surface area contributed by atoms with Crippen LogP contribution in [0.2, 0.25) is 0 Å². The lowest BCUT2D eigenvalue weighted by atomic mass is 9.98. The molecule has 1 rings (SSSR count). The fraction of sp³-hybridized carbons (Fsp3) is 0.500. The quantitative estimate of drug-likeness (QED) is 0.713. The molecule has 0 aliphatic rings. The first-order chi connectivity index (χ1) is 6.91. The molecule has 0 spiro atoms. The van der Waals surface area contributed by atoms with E-state index < -0.39 is 18.3 Å². The van der Waals surface area contributed by atoms with Crippen LogP contribution in [-0.2, 0) is 0 Å². The van der Waals surface area contributed by atoms with Gasteiger partial charge in [0.2, 0.25) is 0 Å². The summed E-state index contributed by atoms with van der Waals surface area (Å²) in [7, 11) is 0. The van der Waals surface area contributed by atoms with E-state index in [1.54, 1.807) is 39.0 Å². The normalized spacial score (nSPS) is 17.2. The Morgan fingerprint density at radius 1 is 0.667 bits per heavy atom. The number of aliphatic hydroxyl groups excluding tert-OH is 3. The van der Waals surface area contributed by atoms with Crippen molar-refractivity contribution in [3.05, 3.63) is 34.9 Å². The molecule has 84 valence electrons. The zero-order chi connectivity index (χ0) is 11.6. The van der Waals surface area contributed by atoms with Crippen molar-refractivity contribution in [1.82, 2.24) is 0 Å². The van der Waals surface area contributed by atoms with Gasteiger partial charge in [-0.25, -0.2) is 0 Å². The van der Waals surface area contributed by atoms with Crippen molar-refractivity contribution in [3.63, 3.8) is 0 Å². The van der Waals surface area contributed by atoms with Crippen LogP contribution in [0.25, 0.3) is 0 Å². The summed E-state index contributed by atoms with van der Waals surface area (Å²) in [6.07, 6.45) is -1.79. The van der Waals surface area contributed by atoms with Gasteiger partial charge in [-0.05, 0) is 37.5 Å². The minimum atomic E-state index is -0.596. The second-order valence-corrected chi connectivity index (χ2v) is 3.96. The van der Waals surface area contributed by atoms with E-state index in [2.05, 4.69) is 0 Å². The highest BCUT2D eigenvalue weighted by Gasteiger charge is 2.11. The van der Waals surface area contributed by atoms with Crippen LogP contribution in [0.5, 0.6) is 0 Å². The van der Waals surface area contributed by atoms with Crippen LogP contribution in [0, 0.1) is 0 Å². The summed E-state index contributed by atoms with van der Waals surface area (Å²) in [6, 6.07) is 5.25. The molecule has 15 heavy (non-hydrogen) atoms. The van der Waals surface area contributed by atoms with Crippen molar-refractivity contribution in [2.45, 2.75) is 39.1 Å². The Hall–Kier alpha value is -0.900. The third-order valence-corrected chi connectivity index (χ3v) is 2.45. The van der Waals surface area contributed by atoms with Crippen LogP contribution in [-0.4, -0.2) is 15.3 Å². The molecule has 0 aliphatic heterocycles. The largest absolute Gasteiger partial charge is 0.389 e. The van der Waals surface area contributed by atoms with Gasteiger partial charge in [-0.3, -0.25) is 0 Å². The standard InChI is InChI=1S/C12H18O3/c1-7(13)10-4-11(8(2)14)6-12(5-10)9(3)15/h4-9,13-15H,1-3H3/t7-,8-,9+/m0/s1. The first-order valence-electron chi connectivity index (χ1n) is 5.10. The lowest BCUT2D eigenvalue weighted by molar-refractivity contribution is 0.186. The summed E-state index contributed by atoms with van der Waals surface area (Å²) in [6.45, 7) is 4.98. The smallest absolute Gasteiger partial charge is 0.0762 e. The fourth-order valence-corrected chi connectivity index (χ4v) is 1.43. The Labute approximate surface area is 90.0 Å².